The smallest absolute Gasteiger partial charge is 0.0979 e. The third-order valence-corrected chi connectivity index (χ3v) is 7.81. The molecule has 0 fully saturated rings. The zero-order valence-electron chi connectivity index (χ0n) is 22.6. The Morgan fingerprint density at radius 2 is 0.667 bits per heavy atom. The molecule has 42 heavy (non-hydrogen) atoms. The fourth-order valence-corrected chi connectivity index (χ4v) is 5.88. The standard InChI is InChI=1S/C38H24N4/c1-3-13-27-25(11-1)29(33-15-7-9-23-39-33)19-21-31(27)37-38(42-36-18-6-5-17-35(36)41-37)32-22-20-30(34-16-8-10-24-40-34)26-12-2-4-14-28(26)32/h1-24H. The third-order valence-electron chi connectivity index (χ3n) is 7.81. The molecule has 3 aromatic heterocycles. The van der Waals surface area contributed by atoms with Gasteiger partial charge in [-0.3, -0.25) is 9.97 Å². The van der Waals surface area contributed by atoms with E-state index in [1.54, 1.807) is 0 Å². The first-order valence-electron chi connectivity index (χ1n) is 14.0. The van der Waals surface area contributed by atoms with Crippen molar-refractivity contribution in [1.29, 1.82) is 0 Å². The Morgan fingerprint density at radius 1 is 0.310 bits per heavy atom. The maximum Gasteiger partial charge on any atom is 0.0979 e. The molecule has 5 aromatic carbocycles. The molecule has 8 rings (SSSR count). The van der Waals surface area contributed by atoms with E-state index in [9.17, 15) is 0 Å². The summed E-state index contributed by atoms with van der Waals surface area (Å²) in [6.07, 6.45) is 3.68. The van der Waals surface area contributed by atoms with Crippen LogP contribution in [0.15, 0.2) is 146 Å². The Balaban J connectivity index is 1.43. The van der Waals surface area contributed by atoms with Crippen molar-refractivity contribution < 1.29 is 0 Å². The molecule has 0 spiro atoms. The van der Waals surface area contributed by atoms with Crippen LogP contribution in [0.3, 0.4) is 0 Å². The van der Waals surface area contributed by atoms with Crippen LogP contribution in [0.2, 0.25) is 0 Å². The SMILES string of the molecule is c1ccc(-c2ccc(-c3nc4ccccc4nc3-c3ccc(-c4ccccn4)c4ccccc34)c3ccccc23)nc1. The summed E-state index contributed by atoms with van der Waals surface area (Å²) in [5.74, 6) is 0. The second-order valence-corrected chi connectivity index (χ2v) is 10.3. The van der Waals surface area contributed by atoms with Crippen LogP contribution in [0.5, 0.6) is 0 Å². The van der Waals surface area contributed by atoms with E-state index in [1.807, 2.05) is 60.9 Å². The Labute approximate surface area is 243 Å². The fourth-order valence-electron chi connectivity index (χ4n) is 5.88. The molecule has 0 amide bonds. The van der Waals surface area contributed by atoms with Crippen molar-refractivity contribution in [1.82, 2.24) is 19.9 Å². The van der Waals surface area contributed by atoms with Crippen LogP contribution < -0.4 is 0 Å². The highest BCUT2D eigenvalue weighted by molar-refractivity contribution is 6.09. The average molecular weight is 537 g/mol. The first kappa shape index (κ1) is 24.1. The van der Waals surface area contributed by atoms with Gasteiger partial charge in [0, 0.05) is 34.6 Å². The molecule has 8 aromatic rings. The van der Waals surface area contributed by atoms with Crippen molar-refractivity contribution in [3.05, 3.63) is 146 Å². The van der Waals surface area contributed by atoms with Gasteiger partial charge >= 0.3 is 0 Å². The van der Waals surface area contributed by atoms with E-state index in [0.717, 1.165) is 77.6 Å². The Morgan fingerprint density at radius 3 is 1.07 bits per heavy atom. The highest BCUT2D eigenvalue weighted by atomic mass is 14.8. The molecule has 3 heterocycles. The van der Waals surface area contributed by atoms with E-state index in [1.165, 1.54) is 0 Å². The topological polar surface area (TPSA) is 51.6 Å². The van der Waals surface area contributed by atoms with Crippen LogP contribution in [-0.4, -0.2) is 19.9 Å². The van der Waals surface area contributed by atoms with Gasteiger partial charge in [-0.05, 0) is 57.9 Å². The molecular weight excluding hydrogens is 512 g/mol. The monoisotopic (exact) mass is 536 g/mol. The minimum atomic E-state index is 0.855. The molecule has 0 aliphatic heterocycles. The predicted octanol–water partition coefficient (Wildman–Crippen LogP) is 9.39. The second kappa shape index (κ2) is 10.0. The summed E-state index contributed by atoms with van der Waals surface area (Å²) in [6.45, 7) is 0. The van der Waals surface area contributed by atoms with Crippen molar-refractivity contribution in [3.63, 3.8) is 0 Å². The molecule has 0 saturated carbocycles. The average Bonchev–Trinajstić information content (AvgIpc) is 3.07. The van der Waals surface area contributed by atoms with Crippen molar-refractivity contribution in [2.45, 2.75) is 0 Å². The normalized spacial score (nSPS) is 11.3. The Kier molecular flexibility index (Phi) is 5.75. The van der Waals surface area contributed by atoms with Gasteiger partial charge in [0.25, 0.3) is 0 Å². The van der Waals surface area contributed by atoms with E-state index in [-0.39, 0.29) is 0 Å². The zero-order chi connectivity index (χ0) is 27.9. The summed E-state index contributed by atoms with van der Waals surface area (Å²) in [7, 11) is 0. The molecular formula is C38H24N4. The molecule has 0 saturated heterocycles. The van der Waals surface area contributed by atoms with Gasteiger partial charge in [-0.1, -0.05) is 97.1 Å². The number of pyridine rings is 2. The third kappa shape index (κ3) is 4.01. The van der Waals surface area contributed by atoms with Crippen LogP contribution in [0.1, 0.15) is 0 Å². The highest BCUT2D eigenvalue weighted by Crippen LogP contribution is 2.41. The van der Waals surface area contributed by atoms with E-state index < -0.39 is 0 Å². The summed E-state index contributed by atoms with van der Waals surface area (Å²) in [4.78, 5) is 19.8. The molecule has 0 N–H and O–H groups in total. The molecule has 0 aliphatic carbocycles. The van der Waals surface area contributed by atoms with Gasteiger partial charge in [0.1, 0.15) is 0 Å². The summed E-state index contributed by atoms with van der Waals surface area (Å²) < 4.78 is 0. The molecule has 4 nitrogen and oxygen atoms in total. The van der Waals surface area contributed by atoms with Crippen LogP contribution >= 0.6 is 0 Å². The van der Waals surface area contributed by atoms with Crippen molar-refractivity contribution in [2.24, 2.45) is 0 Å². The number of benzene rings is 5. The fraction of sp³-hybridized carbons (Fsp3) is 0. The summed E-state index contributed by atoms with van der Waals surface area (Å²) in [6, 6.07) is 45.8. The largest absolute Gasteiger partial charge is 0.256 e. The van der Waals surface area contributed by atoms with Crippen LogP contribution in [-0.2, 0) is 0 Å². The van der Waals surface area contributed by atoms with Gasteiger partial charge in [0.05, 0.1) is 33.8 Å². The number of fused-ring (bicyclic) bond motifs is 3. The number of para-hydroxylation sites is 2. The number of nitrogens with zero attached hydrogens (tertiary/aromatic N) is 4. The summed E-state index contributed by atoms with van der Waals surface area (Å²) in [5, 5.41) is 4.48. The molecule has 0 aliphatic rings. The Hall–Kier alpha value is -5.74. The second-order valence-electron chi connectivity index (χ2n) is 10.3. The summed E-state index contributed by atoms with van der Waals surface area (Å²) >= 11 is 0. The molecule has 0 unspecified atom stereocenters. The van der Waals surface area contributed by atoms with Crippen LogP contribution in [0.4, 0.5) is 0 Å². The molecule has 0 radical (unpaired) electrons. The van der Waals surface area contributed by atoms with Crippen LogP contribution in [0, 0.1) is 0 Å². The van der Waals surface area contributed by atoms with Crippen molar-refractivity contribution in [3.8, 4) is 45.0 Å². The Bertz CT molecular complexity index is 2080. The lowest BCUT2D eigenvalue weighted by Crippen LogP contribution is -1.98. The first-order valence-corrected chi connectivity index (χ1v) is 14.0. The summed E-state index contributed by atoms with van der Waals surface area (Å²) in [5.41, 5.74) is 9.59. The van der Waals surface area contributed by atoms with Crippen LogP contribution in [0.25, 0.3) is 77.6 Å². The van der Waals surface area contributed by atoms with Crippen molar-refractivity contribution >= 4 is 32.6 Å². The quantitative estimate of drug-likeness (QED) is 0.225. The lowest BCUT2D eigenvalue weighted by Gasteiger charge is -2.17. The van der Waals surface area contributed by atoms with E-state index >= 15 is 0 Å². The van der Waals surface area contributed by atoms with Gasteiger partial charge in [-0.2, -0.15) is 0 Å². The molecule has 4 heteroatoms. The zero-order valence-corrected chi connectivity index (χ0v) is 22.6. The minimum Gasteiger partial charge on any atom is -0.256 e. The van der Waals surface area contributed by atoms with Gasteiger partial charge in [0.15, 0.2) is 0 Å². The maximum absolute atomic E-state index is 5.27. The van der Waals surface area contributed by atoms with Gasteiger partial charge in [-0.25, -0.2) is 9.97 Å². The molecule has 0 bridgehead atoms. The van der Waals surface area contributed by atoms with Gasteiger partial charge in [0.2, 0.25) is 0 Å². The highest BCUT2D eigenvalue weighted by Gasteiger charge is 2.20. The van der Waals surface area contributed by atoms with Crippen molar-refractivity contribution in [2.75, 3.05) is 0 Å². The predicted molar refractivity (Wildman–Crippen MR) is 172 cm³/mol. The van der Waals surface area contributed by atoms with E-state index in [2.05, 4.69) is 94.9 Å². The van der Waals surface area contributed by atoms with Gasteiger partial charge < -0.3 is 0 Å². The molecule has 0 atom stereocenters. The van der Waals surface area contributed by atoms with Gasteiger partial charge in [-0.15, -0.1) is 0 Å². The van der Waals surface area contributed by atoms with E-state index in [0.29, 0.717) is 0 Å². The van der Waals surface area contributed by atoms with E-state index in [4.69, 9.17) is 9.97 Å². The number of hydrogen-bond acceptors (Lipinski definition) is 4. The first-order chi connectivity index (χ1) is 20.8. The number of aromatic nitrogens is 4. The maximum atomic E-state index is 5.27. The molecule has 196 valence electrons. The lowest BCUT2D eigenvalue weighted by atomic mass is 9.91. The lowest BCUT2D eigenvalue weighted by molar-refractivity contribution is 1.30. The number of hydrogen-bond donors (Lipinski definition) is 0. The number of rotatable bonds is 4. The minimum absolute atomic E-state index is 0.855.